The molecule has 0 aliphatic rings. The number of ether oxygens (including phenoxy) is 1. The maximum Gasteiger partial charge on any atom is 0.172 e. The number of nitrogens with two attached hydrogens (primary N) is 1. The first-order valence-corrected chi connectivity index (χ1v) is 10.0. The molecule has 2 aromatic carbocycles. The molecule has 3 aromatic rings. The van der Waals surface area contributed by atoms with Gasteiger partial charge in [0.25, 0.3) is 0 Å². The van der Waals surface area contributed by atoms with E-state index in [1.54, 1.807) is 11.8 Å². The molecule has 3 rings (SSSR count). The van der Waals surface area contributed by atoms with Gasteiger partial charge in [0.1, 0.15) is 11.6 Å². The van der Waals surface area contributed by atoms with E-state index < -0.39 is 0 Å². The Hall–Kier alpha value is -2.73. The van der Waals surface area contributed by atoms with E-state index in [1.165, 1.54) is 0 Å². The molecule has 0 atom stereocenters. The van der Waals surface area contributed by atoms with Gasteiger partial charge in [-0.15, -0.1) is 0 Å². The highest BCUT2D eigenvalue weighted by atomic mass is 32.2. The first-order valence-electron chi connectivity index (χ1n) is 9.03. The van der Waals surface area contributed by atoms with Crippen LogP contribution in [0.3, 0.4) is 0 Å². The van der Waals surface area contributed by atoms with Gasteiger partial charge in [-0.1, -0.05) is 30.0 Å². The first-order chi connectivity index (χ1) is 13.2. The van der Waals surface area contributed by atoms with Crippen molar-refractivity contribution in [2.75, 3.05) is 12.4 Å². The molecule has 5 nitrogen and oxygen atoms in total. The largest absolute Gasteiger partial charge is 0.494 e. The van der Waals surface area contributed by atoms with Crippen molar-refractivity contribution in [3.05, 3.63) is 72.6 Å². The maximum absolute atomic E-state index is 7.38. The summed E-state index contributed by atoms with van der Waals surface area (Å²) in [7, 11) is 0. The van der Waals surface area contributed by atoms with Gasteiger partial charge in [0.15, 0.2) is 5.16 Å². The minimum Gasteiger partial charge on any atom is -0.494 e. The molecular formula is C21H24N4OS. The fourth-order valence-electron chi connectivity index (χ4n) is 2.65. The van der Waals surface area contributed by atoms with Crippen molar-refractivity contribution in [1.82, 2.24) is 9.55 Å². The van der Waals surface area contributed by atoms with Crippen molar-refractivity contribution in [1.29, 1.82) is 5.41 Å². The van der Waals surface area contributed by atoms with Gasteiger partial charge in [0, 0.05) is 29.4 Å². The van der Waals surface area contributed by atoms with Gasteiger partial charge < -0.3 is 10.5 Å². The molecule has 27 heavy (non-hydrogen) atoms. The topological polar surface area (TPSA) is 76.9 Å². The Labute approximate surface area is 164 Å². The quantitative estimate of drug-likeness (QED) is 0.235. The van der Waals surface area contributed by atoms with Crippen molar-refractivity contribution in [2.45, 2.75) is 24.4 Å². The number of nitrogens with one attached hydrogen (secondary N) is 1. The zero-order valence-corrected chi connectivity index (χ0v) is 16.0. The molecule has 1 aromatic heterocycles. The Morgan fingerprint density at radius 1 is 1.04 bits per heavy atom. The fraction of sp³-hybridized carbons (Fsp3) is 0.238. The summed E-state index contributed by atoms with van der Waals surface area (Å²) in [5.74, 6) is 1.93. The lowest BCUT2D eigenvalue weighted by Gasteiger charge is -2.08. The number of rotatable bonds is 10. The monoisotopic (exact) mass is 380 g/mol. The molecule has 0 aliphatic carbocycles. The summed E-state index contributed by atoms with van der Waals surface area (Å²) in [5, 5.41) is 8.41. The van der Waals surface area contributed by atoms with Crippen LogP contribution >= 0.6 is 11.8 Å². The van der Waals surface area contributed by atoms with E-state index in [-0.39, 0.29) is 5.84 Å². The van der Waals surface area contributed by atoms with Gasteiger partial charge in [0.05, 0.1) is 6.61 Å². The number of benzene rings is 2. The van der Waals surface area contributed by atoms with Gasteiger partial charge in [0.2, 0.25) is 0 Å². The van der Waals surface area contributed by atoms with E-state index in [0.29, 0.717) is 12.2 Å². The van der Waals surface area contributed by atoms with Crippen LogP contribution in [0.2, 0.25) is 0 Å². The standard InChI is InChI=1S/C21H24N4OS/c22-20(23)17-9-11-19(12-10-17)26-15-5-2-6-16-27-21-24-13-14-25(21)18-7-3-1-4-8-18/h1,3-4,7-14H,2,5-6,15-16H2,(H3,22,23). The number of nitrogens with zero attached hydrogens (tertiary/aromatic N) is 2. The third-order valence-electron chi connectivity index (χ3n) is 4.10. The Balaban J connectivity index is 1.33. The lowest BCUT2D eigenvalue weighted by Crippen LogP contribution is -2.10. The molecule has 140 valence electrons. The molecule has 0 radical (unpaired) electrons. The molecule has 0 amide bonds. The molecule has 0 spiro atoms. The number of hydrogen-bond acceptors (Lipinski definition) is 4. The Kier molecular flexibility index (Phi) is 6.93. The lowest BCUT2D eigenvalue weighted by molar-refractivity contribution is 0.306. The highest BCUT2D eigenvalue weighted by Crippen LogP contribution is 2.21. The van der Waals surface area contributed by atoms with E-state index in [4.69, 9.17) is 15.9 Å². The van der Waals surface area contributed by atoms with Crippen molar-refractivity contribution in [3.8, 4) is 11.4 Å². The third-order valence-corrected chi connectivity index (χ3v) is 5.15. The smallest absolute Gasteiger partial charge is 0.172 e. The molecule has 0 fully saturated rings. The first kappa shape index (κ1) is 19.0. The summed E-state index contributed by atoms with van der Waals surface area (Å²) in [6, 6.07) is 17.6. The van der Waals surface area contributed by atoms with E-state index in [2.05, 4.69) is 21.7 Å². The van der Waals surface area contributed by atoms with E-state index in [1.807, 2.05) is 54.9 Å². The second-order valence-corrected chi connectivity index (χ2v) is 7.17. The van der Waals surface area contributed by atoms with Crippen LogP contribution in [0, 0.1) is 5.41 Å². The highest BCUT2D eigenvalue weighted by Gasteiger charge is 2.05. The van der Waals surface area contributed by atoms with Gasteiger partial charge in [-0.05, 0) is 55.7 Å². The molecule has 6 heteroatoms. The minimum absolute atomic E-state index is 0.0759. The van der Waals surface area contributed by atoms with Gasteiger partial charge in [-0.2, -0.15) is 0 Å². The van der Waals surface area contributed by atoms with Crippen LogP contribution < -0.4 is 10.5 Å². The summed E-state index contributed by atoms with van der Waals surface area (Å²) in [6.45, 7) is 0.697. The number of imidazole rings is 1. The normalized spacial score (nSPS) is 10.7. The van der Waals surface area contributed by atoms with Crippen molar-refractivity contribution < 1.29 is 4.74 Å². The molecule has 0 aliphatic heterocycles. The number of para-hydroxylation sites is 1. The summed E-state index contributed by atoms with van der Waals surface area (Å²) < 4.78 is 7.86. The fourth-order valence-corrected chi connectivity index (χ4v) is 3.62. The summed E-state index contributed by atoms with van der Waals surface area (Å²) in [4.78, 5) is 4.46. The zero-order valence-electron chi connectivity index (χ0n) is 15.2. The second kappa shape index (κ2) is 9.83. The van der Waals surface area contributed by atoms with Crippen LogP contribution in [0.4, 0.5) is 0 Å². The SMILES string of the molecule is N=C(N)c1ccc(OCCCCCSc2nccn2-c2ccccc2)cc1. The summed E-state index contributed by atoms with van der Waals surface area (Å²) in [6.07, 6.45) is 7.11. The van der Waals surface area contributed by atoms with Crippen LogP contribution in [0.25, 0.3) is 5.69 Å². The number of aromatic nitrogens is 2. The number of hydrogen-bond donors (Lipinski definition) is 2. The molecule has 0 unspecified atom stereocenters. The van der Waals surface area contributed by atoms with Gasteiger partial charge >= 0.3 is 0 Å². The molecular weight excluding hydrogens is 356 g/mol. The predicted octanol–water partition coefficient (Wildman–Crippen LogP) is 4.50. The van der Waals surface area contributed by atoms with Gasteiger partial charge in [-0.3, -0.25) is 9.98 Å². The lowest BCUT2D eigenvalue weighted by atomic mass is 10.2. The maximum atomic E-state index is 7.38. The Bertz CT molecular complexity index is 846. The number of nitrogen functional groups attached to an aromatic ring is 1. The van der Waals surface area contributed by atoms with Crippen LogP contribution in [-0.2, 0) is 0 Å². The van der Waals surface area contributed by atoms with Gasteiger partial charge in [-0.25, -0.2) is 4.98 Å². The van der Waals surface area contributed by atoms with E-state index in [9.17, 15) is 0 Å². The second-order valence-electron chi connectivity index (χ2n) is 6.11. The van der Waals surface area contributed by atoms with Crippen LogP contribution in [0.5, 0.6) is 5.75 Å². The van der Waals surface area contributed by atoms with Crippen LogP contribution in [0.15, 0.2) is 72.1 Å². The van der Waals surface area contributed by atoms with Crippen molar-refractivity contribution in [2.24, 2.45) is 5.73 Å². The predicted molar refractivity (Wildman–Crippen MR) is 111 cm³/mol. The average molecular weight is 381 g/mol. The molecule has 3 N–H and O–H groups in total. The summed E-state index contributed by atoms with van der Waals surface area (Å²) in [5.41, 5.74) is 7.30. The van der Waals surface area contributed by atoms with E-state index >= 15 is 0 Å². The minimum atomic E-state index is 0.0759. The summed E-state index contributed by atoms with van der Waals surface area (Å²) >= 11 is 1.79. The van der Waals surface area contributed by atoms with Crippen LogP contribution in [0.1, 0.15) is 24.8 Å². The average Bonchev–Trinajstić information content (AvgIpc) is 3.17. The molecule has 0 saturated heterocycles. The van der Waals surface area contributed by atoms with E-state index in [0.717, 1.165) is 41.6 Å². The van der Waals surface area contributed by atoms with Crippen LogP contribution in [-0.4, -0.2) is 27.7 Å². The number of thioether (sulfide) groups is 1. The zero-order chi connectivity index (χ0) is 18.9. The Morgan fingerprint density at radius 3 is 2.56 bits per heavy atom. The molecule has 0 bridgehead atoms. The third kappa shape index (κ3) is 5.62. The van der Waals surface area contributed by atoms with Crippen molar-refractivity contribution in [3.63, 3.8) is 0 Å². The number of unbranched alkanes of at least 4 members (excludes halogenated alkanes) is 2. The Morgan fingerprint density at radius 2 is 1.81 bits per heavy atom. The molecule has 1 heterocycles. The molecule has 0 saturated carbocycles. The number of amidine groups is 1. The highest BCUT2D eigenvalue weighted by molar-refractivity contribution is 7.99. The van der Waals surface area contributed by atoms with Crippen molar-refractivity contribution >= 4 is 17.6 Å².